The summed E-state index contributed by atoms with van der Waals surface area (Å²) in [4.78, 5) is 5.66. The second kappa shape index (κ2) is 5.75. The molecule has 0 saturated carbocycles. The lowest BCUT2D eigenvalue weighted by molar-refractivity contribution is 0.501. The monoisotopic (exact) mass is 282 g/mol. The molecule has 2 rings (SSSR count). The molecule has 102 valence electrons. The first-order chi connectivity index (χ1) is 9.01. The van der Waals surface area contributed by atoms with Crippen LogP contribution in [-0.2, 0) is 6.42 Å². The van der Waals surface area contributed by atoms with Crippen LogP contribution in [0.4, 0.5) is 8.78 Å². The molecule has 1 heterocycles. The number of thiazole rings is 1. The molecule has 0 spiro atoms. The van der Waals surface area contributed by atoms with Crippen molar-refractivity contribution in [2.75, 3.05) is 7.05 Å². The summed E-state index contributed by atoms with van der Waals surface area (Å²) < 4.78 is 26.2. The number of nitrogens with zero attached hydrogens (tertiary/aromatic N) is 1. The Bertz CT molecular complexity index is 561. The summed E-state index contributed by atoms with van der Waals surface area (Å²) in [6, 6.07) is 3.93. The van der Waals surface area contributed by atoms with Crippen molar-refractivity contribution in [1.29, 1.82) is 0 Å². The smallest absolute Gasteiger partial charge is 0.159 e. The van der Waals surface area contributed by atoms with E-state index in [0.29, 0.717) is 6.42 Å². The van der Waals surface area contributed by atoms with Crippen molar-refractivity contribution in [2.45, 2.75) is 26.3 Å². The third-order valence-corrected chi connectivity index (χ3v) is 4.24. The highest BCUT2D eigenvalue weighted by Crippen LogP contribution is 2.24. The molecule has 2 nitrogen and oxygen atoms in total. The van der Waals surface area contributed by atoms with Crippen LogP contribution in [0.2, 0.25) is 0 Å². The van der Waals surface area contributed by atoms with Crippen LogP contribution in [0.15, 0.2) is 18.2 Å². The van der Waals surface area contributed by atoms with E-state index in [1.54, 1.807) is 24.5 Å². The number of likely N-dealkylation sites (N-methyl/N-ethyl adjacent to an activating group) is 1. The van der Waals surface area contributed by atoms with Crippen molar-refractivity contribution in [3.05, 3.63) is 51.0 Å². The number of aryl methyl sites for hydroxylation is 2. The zero-order chi connectivity index (χ0) is 14.0. The average molecular weight is 282 g/mol. The Balaban J connectivity index is 2.22. The lowest BCUT2D eigenvalue weighted by Gasteiger charge is -2.15. The van der Waals surface area contributed by atoms with Gasteiger partial charge in [0, 0.05) is 17.3 Å². The zero-order valence-corrected chi connectivity index (χ0v) is 11.9. The van der Waals surface area contributed by atoms with E-state index < -0.39 is 11.6 Å². The van der Waals surface area contributed by atoms with E-state index in [4.69, 9.17) is 0 Å². The van der Waals surface area contributed by atoms with Gasteiger partial charge in [-0.1, -0.05) is 6.07 Å². The van der Waals surface area contributed by atoms with Crippen LogP contribution in [0.25, 0.3) is 0 Å². The molecule has 0 radical (unpaired) electrons. The van der Waals surface area contributed by atoms with Gasteiger partial charge in [-0.05, 0) is 38.6 Å². The molecule has 0 aliphatic heterocycles. The van der Waals surface area contributed by atoms with E-state index in [1.165, 1.54) is 10.9 Å². The minimum atomic E-state index is -0.820. The molecule has 0 saturated heterocycles. The Morgan fingerprint density at radius 2 is 2.00 bits per heavy atom. The molecule has 0 amide bonds. The molecule has 1 atom stereocenters. The van der Waals surface area contributed by atoms with E-state index in [2.05, 4.69) is 10.3 Å². The number of hydrogen-bond acceptors (Lipinski definition) is 3. The summed E-state index contributed by atoms with van der Waals surface area (Å²) in [6.45, 7) is 4.00. The van der Waals surface area contributed by atoms with Gasteiger partial charge in [-0.2, -0.15) is 0 Å². The predicted octanol–water partition coefficient (Wildman–Crippen LogP) is 3.54. The number of benzene rings is 1. The first-order valence-electron chi connectivity index (χ1n) is 6.06. The van der Waals surface area contributed by atoms with E-state index in [9.17, 15) is 8.78 Å². The lowest BCUT2D eigenvalue weighted by atomic mass is 10.0. The SMILES string of the molecule is CNC(Cc1nc(C)c(C)s1)c1ccc(F)c(F)c1. The van der Waals surface area contributed by atoms with Gasteiger partial charge in [0.1, 0.15) is 0 Å². The molecule has 1 aromatic carbocycles. The molecular formula is C14H16F2N2S. The average Bonchev–Trinajstić information content (AvgIpc) is 2.69. The Morgan fingerprint density at radius 3 is 2.53 bits per heavy atom. The highest BCUT2D eigenvalue weighted by molar-refractivity contribution is 7.11. The normalized spacial score (nSPS) is 12.7. The van der Waals surface area contributed by atoms with Gasteiger partial charge in [0.2, 0.25) is 0 Å². The summed E-state index contributed by atoms with van der Waals surface area (Å²) in [5.74, 6) is -1.64. The minimum Gasteiger partial charge on any atom is -0.313 e. The molecule has 0 aliphatic carbocycles. The molecule has 19 heavy (non-hydrogen) atoms. The molecule has 0 aliphatic rings. The van der Waals surface area contributed by atoms with Crippen LogP contribution in [0.3, 0.4) is 0 Å². The summed E-state index contributed by atoms with van der Waals surface area (Å²) in [7, 11) is 1.80. The van der Waals surface area contributed by atoms with Crippen molar-refractivity contribution in [3.63, 3.8) is 0 Å². The molecule has 0 fully saturated rings. The number of rotatable bonds is 4. The summed E-state index contributed by atoms with van der Waals surface area (Å²) in [5.41, 5.74) is 1.76. The van der Waals surface area contributed by atoms with E-state index in [0.717, 1.165) is 22.3 Å². The fraction of sp³-hybridized carbons (Fsp3) is 0.357. The molecule has 5 heteroatoms. The number of hydrogen-bond donors (Lipinski definition) is 1. The Labute approximate surface area is 115 Å². The minimum absolute atomic E-state index is 0.0694. The third-order valence-electron chi connectivity index (χ3n) is 3.15. The van der Waals surface area contributed by atoms with E-state index in [1.807, 2.05) is 13.8 Å². The highest BCUT2D eigenvalue weighted by Gasteiger charge is 2.15. The van der Waals surface area contributed by atoms with Crippen LogP contribution in [0.1, 0.15) is 27.2 Å². The number of nitrogens with one attached hydrogen (secondary N) is 1. The summed E-state index contributed by atoms with van der Waals surface area (Å²) >= 11 is 1.64. The van der Waals surface area contributed by atoms with Crippen LogP contribution in [0, 0.1) is 25.5 Å². The van der Waals surface area contributed by atoms with E-state index >= 15 is 0 Å². The van der Waals surface area contributed by atoms with Crippen LogP contribution >= 0.6 is 11.3 Å². The van der Waals surface area contributed by atoms with Gasteiger partial charge in [0.05, 0.1) is 10.7 Å². The largest absolute Gasteiger partial charge is 0.313 e. The second-order valence-electron chi connectivity index (χ2n) is 4.47. The maximum absolute atomic E-state index is 13.3. The standard InChI is InChI=1S/C14H16F2N2S/c1-8-9(2)19-14(18-8)7-13(17-3)10-4-5-11(15)12(16)6-10/h4-6,13,17H,7H2,1-3H3. The Morgan fingerprint density at radius 1 is 1.26 bits per heavy atom. The lowest BCUT2D eigenvalue weighted by Crippen LogP contribution is -2.19. The van der Waals surface area contributed by atoms with Gasteiger partial charge in [-0.25, -0.2) is 13.8 Å². The molecule has 1 unspecified atom stereocenters. The van der Waals surface area contributed by atoms with Crippen molar-refractivity contribution in [1.82, 2.24) is 10.3 Å². The summed E-state index contributed by atoms with van der Waals surface area (Å²) in [6.07, 6.45) is 0.668. The van der Waals surface area contributed by atoms with Gasteiger partial charge in [-0.3, -0.25) is 0 Å². The molecule has 0 bridgehead atoms. The van der Waals surface area contributed by atoms with Crippen molar-refractivity contribution in [3.8, 4) is 0 Å². The topological polar surface area (TPSA) is 24.9 Å². The van der Waals surface area contributed by atoms with Gasteiger partial charge >= 0.3 is 0 Å². The van der Waals surface area contributed by atoms with Crippen molar-refractivity contribution in [2.24, 2.45) is 0 Å². The zero-order valence-electron chi connectivity index (χ0n) is 11.1. The quantitative estimate of drug-likeness (QED) is 0.927. The van der Waals surface area contributed by atoms with Crippen LogP contribution < -0.4 is 5.32 Å². The maximum atomic E-state index is 13.3. The molecular weight excluding hydrogens is 266 g/mol. The Hall–Kier alpha value is -1.33. The first kappa shape index (κ1) is 14.1. The molecule has 2 aromatic rings. The first-order valence-corrected chi connectivity index (χ1v) is 6.88. The molecule has 1 aromatic heterocycles. The van der Waals surface area contributed by atoms with Crippen LogP contribution in [0.5, 0.6) is 0 Å². The van der Waals surface area contributed by atoms with Gasteiger partial charge < -0.3 is 5.32 Å². The predicted molar refractivity (Wildman–Crippen MR) is 73.5 cm³/mol. The summed E-state index contributed by atoms with van der Waals surface area (Å²) in [5, 5.41) is 4.12. The number of aromatic nitrogens is 1. The highest BCUT2D eigenvalue weighted by atomic mass is 32.1. The Kier molecular flexibility index (Phi) is 4.27. The second-order valence-corrected chi connectivity index (χ2v) is 5.76. The number of halogens is 2. The van der Waals surface area contributed by atoms with Crippen molar-refractivity contribution < 1.29 is 8.78 Å². The van der Waals surface area contributed by atoms with E-state index in [-0.39, 0.29) is 6.04 Å². The van der Waals surface area contributed by atoms with Crippen molar-refractivity contribution >= 4 is 11.3 Å². The van der Waals surface area contributed by atoms with Gasteiger partial charge in [0.25, 0.3) is 0 Å². The fourth-order valence-electron chi connectivity index (χ4n) is 1.92. The maximum Gasteiger partial charge on any atom is 0.159 e. The van der Waals surface area contributed by atoms with Gasteiger partial charge in [0.15, 0.2) is 11.6 Å². The van der Waals surface area contributed by atoms with Crippen LogP contribution in [-0.4, -0.2) is 12.0 Å². The van der Waals surface area contributed by atoms with Gasteiger partial charge in [-0.15, -0.1) is 11.3 Å². The third kappa shape index (κ3) is 3.16. The fourth-order valence-corrected chi connectivity index (χ4v) is 2.90. The molecule has 1 N–H and O–H groups in total.